The number of hydrogen-bond acceptors (Lipinski definition) is 5. The van der Waals surface area contributed by atoms with E-state index in [1.54, 1.807) is 0 Å². The number of benzene rings is 1. The van der Waals surface area contributed by atoms with Crippen LogP contribution in [-0.2, 0) is 9.53 Å². The largest absolute Gasteiger partial charge is 0.482 e. The molecule has 0 saturated carbocycles. The van der Waals surface area contributed by atoms with Crippen LogP contribution >= 0.6 is 0 Å². The van der Waals surface area contributed by atoms with Crippen LogP contribution in [0.5, 0.6) is 5.75 Å². The van der Waals surface area contributed by atoms with Crippen LogP contribution in [0.2, 0.25) is 0 Å². The topological polar surface area (TPSA) is 59.0 Å². The van der Waals surface area contributed by atoms with Crippen LogP contribution in [0, 0.1) is 0 Å². The molecular formula is C15H21NO4. The molecule has 0 amide bonds. The molecule has 0 fully saturated rings. The van der Waals surface area contributed by atoms with E-state index < -0.39 is 5.97 Å². The van der Waals surface area contributed by atoms with Crippen LogP contribution in [0.4, 0.5) is 5.69 Å². The van der Waals surface area contributed by atoms with Crippen LogP contribution in [0.3, 0.4) is 0 Å². The molecule has 2 unspecified atom stereocenters. The highest BCUT2D eigenvalue weighted by atomic mass is 16.6. The minimum absolute atomic E-state index is 0.0892. The van der Waals surface area contributed by atoms with Gasteiger partial charge in [-0.1, -0.05) is 13.0 Å². The molecule has 0 radical (unpaired) electrons. The van der Waals surface area contributed by atoms with Crippen LogP contribution < -0.4 is 9.64 Å². The second kappa shape index (κ2) is 6.13. The van der Waals surface area contributed by atoms with Gasteiger partial charge in [-0.15, -0.1) is 0 Å². The average molecular weight is 279 g/mol. The smallest absolute Gasteiger partial charge is 0.343 e. The van der Waals surface area contributed by atoms with Gasteiger partial charge < -0.3 is 19.5 Å². The molecule has 0 bridgehead atoms. The average Bonchev–Trinajstić information content (AvgIpc) is 2.71. The van der Waals surface area contributed by atoms with Crippen molar-refractivity contribution in [2.24, 2.45) is 0 Å². The maximum absolute atomic E-state index is 11.2. The predicted molar refractivity (Wildman–Crippen MR) is 76.3 cm³/mol. The van der Waals surface area contributed by atoms with Crippen molar-refractivity contribution in [3.63, 3.8) is 0 Å². The number of carbonyl (C=O) groups is 1. The van der Waals surface area contributed by atoms with Crippen molar-refractivity contribution in [2.75, 3.05) is 31.8 Å². The van der Waals surface area contributed by atoms with Crippen LogP contribution in [0.25, 0.3) is 0 Å². The Morgan fingerprint density at radius 1 is 1.40 bits per heavy atom. The molecule has 0 aromatic heterocycles. The van der Waals surface area contributed by atoms with Gasteiger partial charge in [0.2, 0.25) is 0 Å². The summed E-state index contributed by atoms with van der Waals surface area (Å²) in [6.07, 6.45) is 0. The second-order valence-corrected chi connectivity index (χ2v) is 5.00. The summed E-state index contributed by atoms with van der Waals surface area (Å²) in [7, 11) is 1.34. The van der Waals surface area contributed by atoms with Gasteiger partial charge in [-0.05, 0) is 19.1 Å². The lowest BCUT2D eigenvalue weighted by molar-refractivity contribution is -0.142. The van der Waals surface area contributed by atoms with E-state index in [1.807, 2.05) is 18.2 Å². The summed E-state index contributed by atoms with van der Waals surface area (Å²) in [5.41, 5.74) is 2.17. The van der Waals surface area contributed by atoms with Crippen molar-refractivity contribution in [1.29, 1.82) is 0 Å². The third kappa shape index (κ3) is 2.58. The van der Waals surface area contributed by atoms with E-state index in [0.29, 0.717) is 18.3 Å². The molecule has 1 aliphatic rings. The highest BCUT2D eigenvalue weighted by Crippen LogP contribution is 2.45. The zero-order chi connectivity index (χ0) is 14.7. The zero-order valence-corrected chi connectivity index (χ0v) is 12.1. The molecule has 0 spiro atoms. The number of esters is 1. The number of ether oxygens (including phenoxy) is 2. The minimum Gasteiger partial charge on any atom is -0.482 e. The lowest BCUT2D eigenvalue weighted by Gasteiger charge is -2.25. The molecule has 1 heterocycles. The van der Waals surface area contributed by atoms with Crippen molar-refractivity contribution in [3.8, 4) is 5.75 Å². The van der Waals surface area contributed by atoms with Gasteiger partial charge in [0.15, 0.2) is 6.61 Å². The maximum Gasteiger partial charge on any atom is 0.343 e. The summed E-state index contributed by atoms with van der Waals surface area (Å²) in [6.45, 7) is 4.88. The van der Waals surface area contributed by atoms with Crippen LogP contribution in [0.1, 0.15) is 25.3 Å². The summed E-state index contributed by atoms with van der Waals surface area (Å²) in [5.74, 6) is 0.603. The zero-order valence-electron chi connectivity index (χ0n) is 12.1. The molecule has 5 nitrogen and oxygen atoms in total. The Bertz CT molecular complexity index is 489. The lowest BCUT2D eigenvalue weighted by Crippen LogP contribution is -2.33. The summed E-state index contributed by atoms with van der Waals surface area (Å²) in [5, 5.41) is 9.20. The minimum atomic E-state index is -0.395. The Labute approximate surface area is 119 Å². The molecular weight excluding hydrogens is 258 g/mol. The van der Waals surface area contributed by atoms with Gasteiger partial charge in [-0.25, -0.2) is 4.79 Å². The van der Waals surface area contributed by atoms with E-state index in [9.17, 15) is 9.90 Å². The third-order valence-electron chi connectivity index (χ3n) is 3.94. The molecule has 20 heavy (non-hydrogen) atoms. The van der Waals surface area contributed by atoms with Crippen molar-refractivity contribution < 1.29 is 19.4 Å². The van der Waals surface area contributed by atoms with E-state index in [0.717, 1.165) is 11.3 Å². The lowest BCUT2D eigenvalue weighted by atomic mass is 9.97. The third-order valence-corrected chi connectivity index (χ3v) is 3.94. The number of anilines is 1. The van der Waals surface area contributed by atoms with Crippen molar-refractivity contribution in [2.45, 2.75) is 25.8 Å². The Balaban J connectivity index is 2.27. The van der Waals surface area contributed by atoms with Crippen LogP contribution in [0.15, 0.2) is 18.2 Å². The van der Waals surface area contributed by atoms with Crippen molar-refractivity contribution >= 4 is 11.7 Å². The predicted octanol–water partition coefficient (Wildman–Crippen LogP) is 1.54. The van der Waals surface area contributed by atoms with Gasteiger partial charge in [-0.3, -0.25) is 0 Å². The van der Waals surface area contributed by atoms with E-state index >= 15 is 0 Å². The van der Waals surface area contributed by atoms with Gasteiger partial charge in [0.1, 0.15) is 5.75 Å². The summed E-state index contributed by atoms with van der Waals surface area (Å²) >= 11 is 0. The molecule has 1 aliphatic heterocycles. The summed E-state index contributed by atoms with van der Waals surface area (Å²) < 4.78 is 10.2. The first-order valence-electron chi connectivity index (χ1n) is 6.80. The Morgan fingerprint density at radius 2 is 2.15 bits per heavy atom. The van der Waals surface area contributed by atoms with E-state index in [-0.39, 0.29) is 19.1 Å². The normalized spacial score (nSPS) is 20.7. The van der Waals surface area contributed by atoms with Gasteiger partial charge in [0, 0.05) is 29.8 Å². The van der Waals surface area contributed by atoms with E-state index in [4.69, 9.17) is 4.74 Å². The van der Waals surface area contributed by atoms with Crippen LogP contribution in [-0.4, -0.2) is 44.0 Å². The SMILES string of the molecule is COC(=O)COc1cccc2c1C(C)C(C)N2CCO. The number of methoxy groups -OCH3 is 1. The van der Waals surface area contributed by atoms with Gasteiger partial charge in [0.25, 0.3) is 0 Å². The van der Waals surface area contributed by atoms with Crippen molar-refractivity contribution in [1.82, 2.24) is 0 Å². The molecule has 5 heteroatoms. The highest BCUT2D eigenvalue weighted by Gasteiger charge is 2.34. The number of fused-ring (bicyclic) bond motifs is 1. The number of aliphatic hydroxyl groups excluding tert-OH is 1. The maximum atomic E-state index is 11.2. The number of nitrogens with zero attached hydrogens (tertiary/aromatic N) is 1. The number of aliphatic hydroxyl groups is 1. The van der Waals surface area contributed by atoms with Gasteiger partial charge in [0.05, 0.1) is 13.7 Å². The van der Waals surface area contributed by atoms with E-state index in [2.05, 4.69) is 23.5 Å². The fourth-order valence-corrected chi connectivity index (χ4v) is 2.72. The first-order valence-corrected chi connectivity index (χ1v) is 6.80. The summed E-state index contributed by atoms with van der Waals surface area (Å²) in [4.78, 5) is 13.4. The molecule has 2 rings (SSSR count). The Morgan fingerprint density at radius 3 is 2.80 bits per heavy atom. The van der Waals surface area contributed by atoms with Gasteiger partial charge >= 0.3 is 5.97 Å². The fourth-order valence-electron chi connectivity index (χ4n) is 2.72. The Kier molecular flexibility index (Phi) is 4.49. The molecule has 2 atom stereocenters. The number of carbonyl (C=O) groups excluding carboxylic acids is 1. The number of β-amino-alcohol motifs (C(OH)–C–C–N with tert-alkyl or cyclic N) is 1. The van der Waals surface area contributed by atoms with Gasteiger partial charge in [-0.2, -0.15) is 0 Å². The quantitative estimate of drug-likeness (QED) is 0.829. The first kappa shape index (κ1) is 14.7. The molecule has 1 aromatic carbocycles. The molecule has 110 valence electrons. The fraction of sp³-hybridized carbons (Fsp3) is 0.533. The molecule has 0 saturated heterocycles. The summed E-state index contributed by atoms with van der Waals surface area (Å²) in [6, 6.07) is 6.09. The number of hydrogen-bond donors (Lipinski definition) is 1. The molecule has 0 aliphatic carbocycles. The standard InChI is InChI=1S/C15H21NO4/c1-10-11(2)16(7-8-17)12-5-4-6-13(15(10)12)20-9-14(18)19-3/h4-6,10-11,17H,7-9H2,1-3H3. The Hall–Kier alpha value is -1.75. The molecule has 1 N–H and O–H groups in total. The highest BCUT2D eigenvalue weighted by molar-refractivity contribution is 5.72. The monoisotopic (exact) mass is 279 g/mol. The second-order valence-electron chi connectivity index (χ2n) is 5.00. The van der Waals surface area contributed by atoms with E-state index in [1.165, 1.54) is 7.11 Å². The number of rotatable bonds is 5. The molecule has 1 aromatic rings. The van der Waals surface area contributed by atoms with Crippen molar-refractivity contribution in [3.05, 3.63) is 23.8 Å². The first-order chi connectivity index (χ1) is 9.60.